The third kappa shape index (κ3) is 9.34. The van der Waals surface area contributed by atoms with Gasteiger partial charge < -0.3 is 26.2 Å². The maximum absolute atomic E-state index is 11.8. The van der Waals surface area contributed by atoms with Gasteiger partial charge in [0.25, 0.3) is 0 Å². The van der Waals surface area contributed by atoms with Gasteiger partial charge in [-0.3, -0.25) is 9.59 Å². The zero-order valence-electron chi connectivity index (χ0n) is 20.7. The standard InChI is InChI=1S/C27H35N3O4.3ClH/c31-26(32)24(21-7-9-28-16-21)13-18-3-1-5-20(11-18)15-30-23-6-2-4-19(12-23)14-25(27(33)34)22-8-10-29-17-22;;;/h1-6,11-12,21-22,24-25,28-30H,7-10,13-17H2,(H,31,32)(H,33,34);3*1H/t21-,22-,24-,25-;;;/m0.../s1. The molecule has 0 amide bonds. The summed E-state index contributed by atoms with van der Waals surface area (Å²) in [4.78, 5) is 23.7. The van der Waals surface area contributed by atoms with Crippen LogP contribution in [0, 0.1) is 23.7 Å². The van der Waals surface area contributed by atoms with Crippen molar-refractivity contribution in [2.45, 2.75) is 32.2 Å². The van der Waals surface area contributed by atoms with Gasteiger partial charge in [0, 0.05) is 12.2 Å². The first-order valence-electron chi connectivity index (χ1n) is 12.3. The van der Waals surface area contributed by atoms with Crippen molar-refractivity contribution in [2.24, 2.45) is 23.7 Å². The predicted octanol–water partition coefficient (Wildman–Crippen LogP) is 4.27. The van der Waals surface area contributed by atoms with E-state index in [1.54, 1.807) is 0 Å². The molecule has 10 heteroatoms. The molecule has 0 spiro atoms. The summed E-state index contributed by atoms with van der Waals surface area (Å²) in [7, 11) is 0. The topological polar surface area (TPSA) is 111 Å². The number of carbonyl (C=O) groups is 2. The number of benzene rings is 2. The lowest BCUT2D eigenvalue weighted by atomic mass is 9.86. The summed E-state index contributed by atoms with van der Waals surface area (Å²) >= 11 is 0. The number of nitrogens with one attached hydrogen (secondary N) is 3. The van der Waals surface area contributed by atoms with E-state index in [2.05, 4.69) is 22.0 Å². The van der Waals surface area contributed by atoms with Crippen LogP contribution in [-0.4, -0.2) is 48.3 Å². The van der Waals surface area contributed by atoms with Gasteiger partial charge in [0.15, 0.2) is 0 Å². The highest BCUT2D eigenvalue weighted by Gasteiger charge is 2.31. The molecule has 2 aliphatic heterocycles. The molecule has 0 aromatic heterocycles. The minimum Gasteiger partial charge on any atom is -0.481 e. The van der Waals surface area contributed by atoms with Crippen LogP contribution in [0.3, 0.4) is 0 Å². The second-order valence-electron chi connectivity index (χ2n) is 9.68. The summed E-state index contributed by atoms with van der Waals surface area (Å²) in [5, 5.41) is 29.4. The summed E-state index contributed by atoms with van der Waals surface area (Å²) < 4.78 is 0. The highest BCUT2D eigenvalue weighted by molar-refractivity contribution is 5.86. The lowest BCUT2D eigenvalue weighted by Crippen LogP contribution is -2.27. The van der Waals surface area contributed by atoms with Gasteiger partial charge in [0.2, 0.25) is 0 Å². The monoisotopic (exact) mass is 573 g/mol. The lowest BCUT2D eigenvalue weighted by Gasteiger charge is -2.19. The van der Waals surface area contributed by atoms with Crippen molar-refractivity contribution in [3.05, 3.63) is 65.2 Å². The quantitative estimate of drug-likeness (QED) is 0.273. The molecule has 2 aliphatic rings. The maximum Gasteiger partial charge on any atom is 0.307 e. The summed E-state index contributed by atoms with van der Waals surface area (Å²) in [6, 6.07) is 16.1. The van der Waals surface area contributed by atoms with Crippen LogP contribution in [0.4, 0.5) is 5.69 Å². The average molecular weight is 575 g/mol. The van der Waals surface area contributed by atoms with Gasteiger partial charge in [-0.1, -0.05) is 36.4 Å². The van der Waals surface area contributed by atoms with Gasteiger partial charge in [-0.15, -0.1) is 37.2 Å². The molecule has 2 aromatic rings. The van der Waals surface area contributed by atoms with Gasteiger partial charge in [-0.2, -0.15) is 0 Å². The van der Waals surface area contributed by atoms with E-state index in [0.29, 0.717) is 19.4 Å². The van der Waals surface area contributed by atoms with E-state index in [0.717, 1.165) is 61.4 Å². The second-order valence-corrected chi connectivity index (χ2v) is 9.68. The molecule has 4 atom stereocenters. The lowest BCUT2D eigenvalue weighted by molar-refractivity contribution is -0.144. The minimum absolute atomic E-state index is 0. The molecule has 206 valence electrons. The number of anilines is 1. The Morgan fingerprint density at radius 3 is 1.76 bits per heavy atom. The van der Waals surface area contributed by atoms with Gasteiger partial charge >= 0.3 is 11.9 Å². The number of halogens is 3. The number of hydrogen-bond acceptors (Lipinski definition) is 5. The van der Waals surface area contributed by atoms with Crippen molar-refractivity contribution in [1.29, 1.82) is 0 Å². The molecular formula is C27H38Cl3N3O4. The van der Waals surface area contributed by atoms with Crippen molar-refractivity contribution >= 4 is 54.8 Å². The molecule has 0 radical (unpaired) electrons. The Kier molecular flexibility index (Phi) is 14.3. The van der Waals surface area contributed by atoms with Gasteiger partial charge in [-0.25, -0.2) is 0 Å². The minimum atomic E-state index is -0.725. The smallest absolute Gasteiger partial charge is 0.307 e. The van der Waals surface area contributed by atoms with Crippen molar-refractivity contribution in [3.63, 3.8) is 0 Å². The van der Waals surface area contributed by atoms with Crippen molar-refractivity contribution in [1.82, 2.24) is 10.6 Å². The Morgan fingerprint density at radius 1 is 0.784 bits per heavy atom. The highest BCUT2D eigenvalue weighted by atomic mass is 35.5. The Labute approximate surface area is 237 Å². The van der Waals surface area contributed by atoms with Crippen LogP contribution in [-0.2, 0) is 29.0 Å². The van der Waals surface area contributed by atoms with Crippen LogP contribution < -0.4 is 16.0 Å². The van der Waals surface area contributed by atoms with Gasteiger partial charge in [-0.05, 0) is 92.5 Å². The van der Waals surface area contributed by atoms with E-state index in [1.807, 2.05) is 42.5 Å². The summed E-state index contributed by atoms with van der Waals surface area (Å²) in [6.07, 6.45) is 2.89. The average Bonchev–Trinajstić information content (AvgIpc) is 3.55. The molecule has 4 rings (SSSR count). The molecule has 0 unspecified atom stereocenters. The fourth-order valence-corrected chi connectivity index (χ4v) is 5.34. The van der Waals surface area contributed by atoms with Crippen LogP contribution in [0.1, 0.15) is 29.5 Å². The zero-order valence-corrected chi connectivity index (χ0v) is 23.2. The first-order valence-corrected chi connectivity index (χ1v) is 12.3. The summed E-state index contributed by atoms with van der Waals surface area (Å²) in [6.45, 7) is 3.94. The Bertz CT molecular complexity index is 919. The highest BCUT2D eigenvalue weighted by Crippen LogP contribution is 2.26. The van der Waals surface area contributed by atoms with Gasteiger partial charge in [0.05, 0.1) is 11.8 Å². The normalized spacial score (nSPS) is 20.0. The largest absolute Gasteiger partial charge is 0.481 e. The van der Waals surface area contributed by atoms with Gasteiger partial charge in [0.1, 0.15) is 0 Å². The Hall–Kier alpha value is -2.03. The van der Waals surface area contributed by atoms with E-state index >= 15 is 0 Å². The molecule has 2 fully saturated rings. The molecule has 0 aliphatic carbocycles. The molecule has 5 N–H and O–H groups in total. The first-order chi connectivity index (χ1) is 16.5. The second kappa shape index (κ2) is 16.0. The maximum atomic E-state index is 11.8. The first kappa shape index (κ1) is 33.0. The van der Waals surface area contributed by atoms with Crippen molar-refractivity contribution in [3.8, 4) is 0 Å². The zero-order chi connectivity index (χ0) is 23.9. The summed E-state index contributed by atoms with van der Waals surface area (Å²) in [5.74, 6) is -1.84. The molecule has 2 saturated heterocycles. The molecule has 0 saturated carbocycles. The molecular weight excluding hydrogens is 537 g/mol. The number of rotatable bonds is 11. The molecule has 2 aromatic carbocycles. The Balaban J connectivity index is 0.00000228. The van der Waals surface area contributed by atoms with Crippen LogP contribution in [0.5, 0.6) is 0 Å². The van der Waals surface area contributed by atoms with Crippen LogP contribution >= 0.6 is 37.2 Å². The number of carboxylic acid groups (broad SMARTS) is 2. The van der Waals surface area contributed by atoms with E-state index < -0.39 is 11.9 Å². The Morgan fingerprint density at radius 2 is 1.27 bits per heavy atom. The molecule has 0 bridgehead atoms. The SMILES string of the molecule is Cl.Cl.Cl.O=C(O)[C@@H](Cc1cccc(CNc2cccc(C[C@H](C(=O)O)[C@H]3CCNC3)c2)c1)[C@H]1CCNC1. The fourth-order valence-electron chi connectivity index (χ4n) is 5.34. The fraction of sp³-hybridized carbons (Fsp3) is 0.481. The molecule has 2 heterocycles. The number of aliphatic carboxylic acids is 2. The third-order valence-electron chi connectivity index (χ3n) is 7.30. The number of carboxylic acids is 2. The molecule has 37 heavy (non-hydrogen) atoms. The van der Waals surface area contributed by atoms with Crippen LogP contribution in [0.25, 0.3) is 0 Å². The predicted molar refractivity (Wildman–Crippen MR) is 154 cm³/mol. The van der Waals surface area contributed by atoms with E-state index in [9.17, 15) is 19.8 Å². The van der Waals surface area contributed by atoms with Crippen molar-refractivity contribution in [2.75, 3.05) is 31.5 Å². The third-order valence-corrected chi connectivity index (χ3v) is 7.30. The van der Waals surface area contributed by atoms with Crippen LogP contribution in [0.15, 0.2) is 48.5 Å². The van der Waals surface area contributed by atoms with E-state index in [4.69, 9.17) is 0 Å². The summed E-state index contributed by atoms with van der Waals surface area (Å²) in [5.41, 5.74) is 4.11. The van der Waals surface area contributed by atoms with E-state index in [-0.39, 0.29) is 60.9 Å². The van der Waals surface area contributed by atoms with E-state index in [1.165, 1.54) is 0 Å². The van der Waals surface area contributed by atoms with Crippen LogP contribution in [0.2, 0.25) is 0 Å². The van der Waals surface area contributed by atoms with Crippen molar-refractivity contribution < 1.29 is 19.8 Å². The number of hydrogen-bond donors (Lipinski definition) is 5. The molecule has 7 nitrogen and oxygen atoms in total.